The first kappa shape index (κ1) is 17.2. The van der Waals surface area contributed by atoms with E-state index in [0.717, 1.165) is 5.56 Å². The van der Waals surface area contributed by atoms with Crippen LogP contribution in [-0.2, 0) is 0 Å². The summed E-state index contributed by atoms with van der Waals surface area (Å²) in [5.41, 5.74) is 6.73. The number of benzene rings is 1. The van der Waals surface area contributed by atoms with Crippen LogP contribution < -0.4 is 5.73 Å². The average molecular weight is 390 g/mol. The van der Waals surface area contributed by atoms with Gasteiger partial charge in [-0.15, -0.1) is 12.4 Å². The molecule has 0 aliphatic carbocycles. The Hall–Kier alpha value is 0.190. The molecule has 0 aromatic heterocycles. The highest BCUT2D eigenvalue weighted by Gasteiger charge is 2.21. The Morgan fingerprint density at radius 3 is 1.94 bits per heavy atom. The van der Waals surface area contributed by atoms with E-state index in [1.54, 1.807) is 12.1 Å². The van der Waals surface area contributed by atoms with Gasteiger partial charge in [-0.2, -0.15) is 0 Å². The third-order valence-electron chi connectivity index (χ3n) is 2.48. The molecule has 0 bridgehead atoms. The molecule has 0 amide bonds. The molecule has 0 fully saturated rings. The Balaban J connectivity index is 0.00000256. The van der Waals surface area contributed by atoms with Crippen LogP contribution in [0.1, 0.15) is 25.5 Å². The monoisotopic (exact) mass is 387 g/mol. The fraction of sp³-hybridized carbons (Fsp3) is 0.455. The molecule has 3 nitrogen and oxygen atoms in total. The lowest BCUT2D eigenvalue weighted by molar-refractivity contribution is 0.0979. The van der Waals surface area contributed by atoms with E-state index in [0.29, 0.717) is 8.95 Å². The van der Waals surface area contributed by atoms with Crippen molar-refractivity contribution < 1.29 is 10.2 Å². The van der Waals surface area contributed by atoms with Gasteiger partial charge in [-0.05, 0) is 55.5 Å². The van der Waals surface area contributed by atoms with Gasteiger partial charge in [-0.1, -0.05) is 13.8 Å². The van der Waals surface area contributed by atoms with Gasteiger partial charge in [0.2, 0.25) is 0 Å². The Labute approximate surface area is 124 Å². The van der Waals surface area contributed by atoms with Gasteiger partial charge < -0.3 is 15.9 Å². The van der Waals surface area contributed by atoms with Gasteiger partial charge in [0.05, 0.1) is 21.1 Å². The normalized spacial score (nSPS) is 14.3. The molecule has 1 rings (SSSR count). The fourth-order valence-corrected chi connectivity index (χ4v) is 2.61. The summed E-state index contributed by atoms with van der Waals surface area (Å²) >= 11 is 6.47. The van der Waals surface area contributed by atoms with Crippen LogP contribution in [0.25, 0.3) is 0 Å². The van der Waals surface area contributed by atoms with Crippen LogP contribution in [0.2, 0.25) is 0 Å². The van der Waals surface area contributed by atoms with Crippen molar-refractivity contribution in [3.63, 3.8) is 0 Å². The highest BCUT2D eigenvalue weighted by Crippen LogP contribution is 2.35. The van der Waals surface area contributed by atoms with E-state index in [-0.39, 0.29) is 24.1 Å². The molecule has 17 heavy (non-hydrogen) atoms. The van der Waals surface area contributed by atoms with Crippen LogP contribution in [0.3, 0.4) is 0 Å². The van der Waals surface area contributed by atoms with Gasteiger partial charge >= 0.3 is 0 Å². The summed E-state index contributed by atoms with van der Waals surface area (Å²) < 4.78 is 1.12. The quantitative estimate of drug-likeness (QED) is 0.743. The molecular formula is C11H16Br2ClNO2. The molecule has 0 aliphatic heterocycles. The van der Waals surface area contributed by atoms with Gasteiger partial charge in [0.1, 0.15) is 5.75 Å². The Bertz CT molecular complexity index is 365. The summed E-state index contributed by atoms with van der Waals surface area (Å²) in [6, 6.07) is 2.97. The SMILES string of the molecule is CC(C)[C@@H](O)[C@@H](N)c1cc(Br)c(O)c(Br)c1.Cl. The molecule has 1 aromatic carbocycles. The van der Waals surface area contributed by atoms with Crippen molar-refractivity contribution in [3.8, 4) is 5.75 Å². The maximum atomic E-state index is 9.88. The lowest BCUT2D eigenvalue weighted by atomic mass is 9.94. The third kappa shape index (κ3) is 4.10. The van der Waals surface area contributed by atoms with Crippen molar-refractivity contribution in [2.75, 3.05) is 0 Å². The Kier molecular flexibility index (Phi) is 7.02. The molecule has 0 aliphatic rings. The van der Waals surface area contributed by atoms with Crippen molar-refractivity contribution in [1.29, 1.82) is 0 Å². The summed E-state index contributed by atoms with van der Waals surface area (Å²) in [6.45, 7) is 3.82. The van der Waals surface area contributed by atoms with Crippen LogP contribution >= 0.6 is 44.3 Å². The predicted molar refractivity (Wildman–Crippen MR) is 78.5 cm³/mol. The molecule has 0 unspecified atom stereocenters. The maximum absolute atomic E-state index is 9.88. The van der Waals surface area contributed by atoms with E-state index in [4.69, 9.17) is 5.73 Å². The lowest BCUT2D eigenvalue weighted by Crippen LogP contribution is -2.30. The van der Waals surface area contributed by atoms with Crippen LogP contribution in [-0.4, -0.2) is 16.3 Å². The van der Waals surface area contributed by atoms with Crippen LogP contribution in [0.15, 0.2) is 21.1 Å². The fourth-order valence-electron chi connectivity index (χ4n) is 1.39. The number of halogens is 3. The number of hydrogen-bond donors (Lipinski definition) is 3. The van der Waals surface area contributed by atoms with E-state index in [9.17, 15) is 10.2 Å². The van der Waals surface area contributed by atoms with Crippen LogP contribution in [0.4, 0.5) is 0 Å². The molecule has 0 saturated heterocycles. The summed E-state index contributed by atoms with van der Waals surface area (Å²) in [5, 5.41) is 19.4. The highest BCUT2D eigenvalue weighted by atomic mass is 79.9. The molecule has 0 spiro atoms. The highest BCUT2D eigenvalue weighted by molar-refractivity contribution is 9.11. The second-order valence-corrected chi connectivity index (χ2v) is 5.80. The first-order chi connectivity index (χ1) is 7.34. The number of phenolic OH excluding ortho intramolecular Hbond substituents is 1. The first-order valence-corrected chi connectivity index (χ1v) is 6.54. The summed E-state index contributed by atoms with van der Waals surface area (Å²) in [6.07, 6.45) is -0.608. The van der Waals surface area contributed by atoms with Crippen molar-refractivity contribution in [1.82, 2.24) is 0 Å². The minimum Gasteiger partial charge on any atom is -0.506 e. The summed E-state index contributed by atoms with van der Waals surface area (Å²) in [5.74, 6) is 0.219. The second kappa shape index (κ2) is 6.95. The number of rotatable bonds is 3. The molecular weight excluding hydrogens is 373 g/mol. The lowest BCUT2D eigenvalue weighted by Gasteiger charge is -2.23. The minimum atomic E-state index is -0.608. The molecule has 0 saturated carbocycles. The summed E-state index contributed by atoms with van der Waals surface area (Å²) in [7, 11) is 0. The van der Waals surface area contributed by atoms with Gasteiger partial charge in [0.25, 0.3) is 0 Å². The van der Waals surface area contributed by atoms with Gasteiger partial charge in [0.15, 0.2) is 0 Å². The Morgan fingerprint density at radius 1 is 1.18 bits per heavy atom. The number of aromatic hydroxyl groups is 1. The van der Waals surface area contributed by atoms with E-state index in [1.807, 2.05) is 13.8 Å². The zero-order chi connectivity index (χ0) is 12.5. The second-order valence-electron chi connectivity index (χ2n) is 4.09. The van der Waals surface area contributed by atoms with Gasteiger partial charge in [-0.25, -0.2) is 0 Å². The van der Waals surface area contributed by atoms with E-state index < -0.39 is 12.1 Å². The molecule has 4 N–H and O–H groups in total. The Morgan fingerprint density at radius 2 is 1.59 bits per heavy atom. The minimum absolute atomic E-state index is 0. The molecule has 2 atom stereocenters. The summed E-state index contributed by atoms with van der Waals surface area (Å²) in [4.78, 5) is 0. The molecule has 0 heterocycles. The third-order valence-corrected chi connectivity index (χ3v) is 3.68. The standard InChI is InChI=1S/C11H15Br2NO2.ClH/c1-5(2)10(15)9(14)6-3-7(12)11(16)8(13)4-6;/h3-5,9-10,15-16H,14H2,1-2H3;1H/t9-,10+;/m0./s1. The van der Waals surface area contributed by atoms with Gasteiger partial charge in [0, 0.05) is 0 Å². The van der Waals surface area contributed by atoms with E-state index >= 15 is 0 Å². The predicted octanol–water partition coefficient (Wildman–Crippen LogP) is 3.36. The van der Waals surface area contributed by atoms with Crippen molar-refractivity contribution in [2.45, 2.75) is 26.0 Å². The zero-order valence-corrected chi connectivity index (χ0v) is 13.5. The van der Waals surface area contributed by atoms with Crippen LogP contribution in [0, 0.1) is 5.92 Å². The number of hydrogen-bond acceptors (Lipinski definition) is 3. The van der Waals surface area contributed by atoms with Crippen molar-refractivity contribution in [2.24, 2.45) is 11.7 Å². The van der Waals surface area contributed by atoms with Crippen molar-refractivity contribution in [3.05, 3.63) is 26.6 Å². The average Bonchev–Trinajstić information content (AvgIpc) is 2.22. The molecule has 0 radical (unpaired) electrons. The molecule has 6 heteroatoms. The number of aliphatic hydroxyl groups is 1. The number of nitrogens with two attached hydrogens (primary N) is 1. The van der Waals surface area contributed by atoms with E-state index in [2.05, 4.69) is 31.9 Å². The molecule has 98 valence electrons. The number of phenols is 1. The topological polar surface area (TPSA) is 66.5 Å². The van der Waals surface area contributed by atoms with Gasteiger partial charge in [-0.3, -0.25) is 0 Å². The molecule has 1 aromatic rings. The smallest absolute Gasteiger partial charge is 0.143 e. The van der Waals surface area contributed by atoms with Crippen molar-refractivity contribution >= 4 is 44.3 Å². The zero-order valence-electron chi connectivity index (χ0n) is 9.52. The largest absolute Gasteiger partial charge is 0.506 e. The first-order valence-electron chi connectivity index (χ1n) is 4.96. The maximum Gasteiger partial charge on any atom is 0.143 e. The van der Waals surface area contributed by atoms with E-state index in [1.165, 1.54) is 0 Å². The van der Waals surface area contributed by atoms with Crippen LogP contribution in [0.5, 0.6) is 5.75 Å². The number of aliphatic hydroxyl groups excluding tert-OH is 1.